The van der Waals surface area contributed by atoms with Crippen molar-refractivity contribution < 1.29 is 43.5 Å². The number of Topliss-reactive ketones (excluding diaryl/α,β-unsaturated/α-hetero) is 3. The molecular weight excluding hydrogens is 915 g/mol. The van der Waals surface area contributed by atoms with E-state index in [2.05, 4.69) is 56.5 Å². The number of aliphatic carboxylic acids is 1. The van der Waals surface area contributed by atoms with E-state index in [1.165, 1.54) is 12.2 Å². The molecule has 5 aromatic rings. The number of carbonyl (C=O) groups excluding carboxylic acids is 7. The van der Waals surface area contributed by atoms with Crippen molar-refractivity contribution >= 4 is 69.6 Å². The zero-order valence-corrected chi connectivity index (χ0v) is 39.9. The molecule has 1 aliphatic rings. The van der Waals surface area contributed by atoms with Gasteiger partial charge in [0.25, 0.3) is 17.7 Å². The number of unbranched alkanes of at least 4 members (excludes halogenated alkanes) is 3. The number of nitrogens with zero attached hydrogens (tertiary/aromatic N) is 8. The van der Waals surface area contributed by atoms with E-state index in [1.54, 1.807) is 62.5 Å². The third-order valence-corrected chi connectivity index (χ3v) is 12.0. The number of nitrogens with one attached hydrogen (secondary N) is 4. The number of carboxylic acid groups (broad SMARTS) is 1. The van der Waals surface area contributed by atoms with Gasteiger partial charge in [-0.15, -0.1) is 10.2 Å². The fourth-order valence-electron chi connectivity index (χ4n) is 7.92. The molecule has 0 saturated carbocycles. The molecule has 3 aromatic heterocycles. The van der Waals surface area contributed by atoms with Crippen LogP contribution in [0, 0.1) is 18.8 Å². The van der Waals surface area contributed by atoms with Crippen LogP contribution in [0.25, 0.3) is 22.6 Å². The molecule has 0 fully saturated rings. The van der Waals surface area contributed by atoms with Gasteiger partial charge in [-0.1, -0.05) is 38.8 Å². The third-order valence-electron chi connectivity index (χ3n) is 12.0. The number of aryl methyl sites for hydroxylation is 1. The molecule has 6 rings (SSSR count). The zero-order chi connectivity index (χ0) is 51.2. The number of aromatic amines is 1. The molecule has 2 aromatic carbocycles. The Morgan fingerprint density at radius 2 is 1.59 bits per heavy atom. The van der Waals surface area contributed by atoms with Crippen molar-refractivity contribution in [3.05, 3.63) is 89.0 Å². The van der Waals surface area contributed by atoms with Gasteiger partial charge in [0, 0.05) is 72.7 Å². The summed E-state index contributed by atoms with van der Waals surface area (Å²) in [5.74, 6) is -3.59. The third kappa shape index (κ3) is 14.4. The monoisotopic (exact) mass is 971 g/mol. The van der Waals surface area contributed by atoms with Crippen molar-refractivity contribution in [1.82, 2.24) is 56.1 Å². The van der Waals surface area contributed by atoms with E-state index in [0.29, 0.717) is 78.1 Å². The summed E-state index contributed by atoms with van der Waals surface area (Å²) in [5, 5.41) is 32.5. The molecule has 0 unspecified atom stereocenters. The van der Waals surface area contributed by atoms with Gasteiger partial charge in [-0.3, -0.25) is 38.5 Å². The normalized spacial score (nSPS) is 13.6. The minimum atomic E-state index is -1.22. The number of carbonyl (C=O) groups is 8. The van der Waals surface area contributed by atoms with Crippen molar-refractivity contribution in [2.45, 2.75) is 111 Å². The summed E-state index contributed by atoms with van der Waals surface area (Å²) in [6.07, 6.45) is 6.63. The first-order valence-corrected chi connectivity index (χ1v) is 23.4. The van der Waals surface area contributed by atoms with Gasteiger partial charge < -0.3 is 26.8 Å². The number of imide groups is 1. The Morgan fingerprint density at radius 3 is 2.28 bits per heavy atom. The van der Waals surface area contributed by atoms with Gasteiger partial charge in [0.1, 0.15) is 17.6 Å². The average Bonchev–Trinajstić information content (AvgIpc) is 4.00. The summed E-state index contributed by atoms with van der Waals surface area (Å²) in [7, 11) is 0. The standard InChI is InChI=1S/C49H57N13O9/c1-27(2)36(24-34(63)10-6-5-9-21-62-41(66)19-20-42(62)67)48(69)53-28(3)40(65)23-30-13-18-35(37(22-30)45-58-60-61-59-45)39(64)12-8-7-11-38(49(70)71)57-47(68)31-14-16-32(17-15-31)51-25-33-26-52-46-43(56-33)44(50)54-29(4)55-46/h13-20,22,26-28,36,38,51H,5-12,21,23-25H2,1-4H3,(H,53,69)(H,57,68)(H,70,71)(H2,50,52,54,55)(H,58,59,60,61)/t28-,36-,38-/m0/s1. The summed E-state index contributed by atoms with van der Waals surface area (Å²) >= 11 is 0. The molecule has 3 atom stereocenters. The average molecular weight is 972 g/mol. The Balaban J connectivity index is 0.952. The molecule has 22 heteroatoms. The first kappa shape index (κ1) is 52.2. The van der Waals surface area contributed by atoms with Crippen LogP contribution in [0.1, 0.15) is 116 Å². The maximum Gasteiger partial charge on any atom is 0.326 e. The van der Waals surface area contributed by atoms with Gasteiger partial charge in [0.15, 0.2) is 28.5 Å². The SMILES string of the molecule is Cc1nc(N)c2nc(CNc3ccc(C(=O)N[C@@H](CCCCC(=O)c4ccc(CC(=O)[C@H](C)NC(=O)[C@@H](CC(=O)CCCCCN5C(=O)C=CC5=O)C(C)C)cc4-c4nn[nH]n4)C(=O)O)cc3)cnc2n1. The van der Waals surface area contributed by atoms with Gasteiger partial charge in [-0.05, 0) is 86.6 Å². The van der Waals surface area contributed by atoms with E-state index in [-0.39, 0.29) is 96.5 Å². The molecule has 71 heavy (non-hydrogen) atoms. The van der Waals surface area contributed by atoms with E-state index in [9.17, 15) is 43.5 Å². The lowest BCUT2D eigenvalue weighted by molar-refractivity contribution is -0.139. The minimum absolute atomic E-state index is 0.00639. The Morgan fingerprint density at radius 1 is 0.859 bits per heavy atom. The summed E-state index contributed by atoms with van der Waals surface area (Å²) in [5.41, 5.74) is 9.41. The molecule has 0 radical (unpaired) electrons. The summed E-state index contributed by atoms with van der Waals surface area (Å²) < 4.78 is 0. The number of tetrazole rings is 1. The highest BCUT2D eigenvalue weighted by Gasteiger charge is 2.29. The van der Waals surface area contributed by atoms with Gasteiger partial charge in [0.2, 0.25) is 11.7 Å². The number of nitrogens with two attached hydrogens (primary N) is 1. The molecule has 372 valence electrons. The summed E-state index contributed by atoms with van der Waals surface area (Å²) in [6.45, 7) is 7.53. The number of fused-ring (bicyclic) bond motifs is 1. The molecule has 4 heterocycles. The highest BCUT2D eigenvalue weighted by Crippen LogP contribution is 2.25. The number of ketones is 3. The molecule has 1 aliphatic heterocycles. The van der Waals surface area contributed by atoms with Gasteiger partial charge in [0.05, 0.1) is 24.5 Å². The number of carboxylic acids is 1. The van der Waals surface area contributed by atoms with Crippen molar-refractivity contribution in [2.24, 2.45) is 11.8 Å². The molecular formula is C49H57N13O9. The first-order valence-electron chi connectivity index (χ1n) is 23.4. The van der Waals surface area contributed by atoms with Crippen LogP contribution in [0.3, 0.4) is 0 Å². The van der Waals surface area contributed by atoms with Crippen LogP contribution in [0.5, 0.6) is 0 Å². The summed E-state index contributed by atoms with van der Waals surface area (Å²) in [4.78, 5) is 120. The number of anilines is 2. The van der Waals surface area contributed by atoms with E-state index in [4.69, 9.17) is 5.73 Å². The maximum absolute atomic E-state index is 13.6. The van der Waals surface area contributed by atoms with Gasteiger partial charge in [-0.2, -0.15) is 5.21 Å². The predicted molar refractivity (Wildman–Crippen MR) is 258 cm³/mol. The number of nitrogen functional groups attached to an aromatic ring is 1. The van der Waals surface area contributed by atoms with Crippen LogP contribution < -0.4 is 21.7 Å². The lowest BCUT2D eigenvalue weighted by Gasteiger charge is -2.22. The van der Waals surface area contributed by atoms with Crippen LogP contribution in [0.4, 0.5) is 11.5 Å². The molecule has 0 spiro atoms. The van der Waals surface area contributed by atoms with E-state index < -0.39 is 35.8 Å². The first-order chi connectivity index (χ1) is 34.0. The molecule has 4 amide bonds. The van der Waals surface area contributed by atoms with Crippen molar-refractivity contribution in [1.29, 1.82) is 0 Å². The second kappa shape index (κ2) is 24.4. The molecule has 0 aliphatic carbocycles. The van der Waals surface area contributed by atoms with E-state index in [0.717, 1.165) is 4.90 Å². The lowest BCUT2D eigenvalue weighted by Crippen LogP contribution is -2.44. The molecule has 22 nitrogen and oxygen atoms in total. The smallest absolute Gasteiger partial charge is 0.326 e. The second-order valence-corrected chi connectivity index (χ2v) is 17.7. The largest absolute Gasteiger partial charge is 0.480 e. The van der Waals surface area contributed by atoms with Gasteiger partial charge in [-0.25, -0.2) is 24.7 Å². The Labute approximate surface area is 408 Å². The summed E-state index contributed by atoms with van der Waals surface area (Å²) in [6, 6.07) is 9.17. The van der Waals surface area contributed by atoms with Crippen LogP contribution in [0.2, 0.25) is 0 Å². The van der Waals surface area contributed by atoms with Crippen LogP contribution in [0.15, 0.2) is 60.8 Å². The molecule has 0 bridgehead atoms. The van der Waals surface area contributed by atoms with Gasteiger partial charge >= 0.3 is 5.97 Å². The topological polar surface area (TPSA) is 328 Å². The zero-order valence-electron chi connectivity index (χ0n) is 39.9. The Kier molecular flexibility index (Phi) is 17.9. The number of hydrogen-bond donors (Lipinski definition) is 6. The van der Waals surface area contributed by atoms with E-state index in [1.807, 2.05) is 13.8 Å². The van der Waals surface area contributed by atoms with Crippen molar-refractivity contribution in [3.63, 3.8) is 0 Å². The predicted octanol–water partition coefficient (Wildman–Crippen LogP) is 4.06. The number of H-pyrrole nitrogens is 1. The number of hydrogen-bond acceptors (Lipinski definition) is 17. The number of aromatic nitrogens is 8. The molecule has 7 N–H and O–H groups in total. The van der Waals surface area contributed by atoms with Crippen LogP contribution in [-0.4, -0.2) is 116 Å². The van der Waals surface area contributed by atoms with Crippen molar-refractivity contribution in [2.75, 3.05) is 17.6 Å². The number of benzene rings is 2. The Hall–Kier alpha value is -8.17. The minimum Gasteiger partial charge on any atom is -0.480 e. The lowest BCUT2D eigenvalue weighted by atomic mass is 9.88. The molecule has 0 saturated heterocycles. The highest BCUT2D eigenvalue weighted by atomic mass is 16.4. The van der Waals surface area contributed by atoms with Crippen molar-refractivity contribution in [3.8, 4) is 11.4 Å². The number of amides is 4. The quantitative estimate of drug-likeness (QED) is 0.0245. The fraction of sp³-hybridized carbons (Fsp3) is 0.408. The number of rotatable bonds is 27. The highest BCUT2D eigenvalue weighted by molar-refractivity contribution is 6.12. The van der Waals surface area contributed by atoms with Crippen LogP contribution >= 0.6 is 0 Å². The fourth-order valence-corrected chi connectivity index (χ4v) is 7.92. The Bertz CT molecular complexity index is 2800. The maximum atomic E-state index is 13.6. The van der Waals surface area contributed by atoms with Crippen LogP contribution in [-0.2, 0) is 41.7 Å². The second-order valence-electron chi connectivity index (χ2n) is 17.7. The van der Waals surface area contributed by atoms with E-state index >= 15 is 0 Å².